The average Bonchev–Trinajstić information content (AvgIpc) is 1.80. The lowest BCUT2D eigenvalue weighted by atomic mass is 10.2. The summed E-state index contributed by atoms with van der Waals surface area (Å²) >= 11 is 0. The van der Waals surface area contributed by atoms with Gasteiger partial charge in [0.2, 0.25) is 6.17 Å². The van der Waals surface area contributed by atoms with Gasteiger partial charge < -0.3 is 0 Å². The molecule has 0 amide bonds. The number of rotatable bonds is 1. The topological polar surface area (TPSA) is 23.9 Å². The smallest absolute Gasteiger partial charge is 0.298 e. The number of nitrogens with one attached hydrogen (secondary N) is 1. The van der Waals surface area contributed by atoms with Gasteiger partial charge in [-0.1, -0.05) is 0 Å². The minimum absolute atomic E-state index is 2.94. The monoisotopic (exact) mass is 197 g/mol. The van der Waals surface area contributed by atoms with Crippen LogP contribution in [0.4, 0.5) is 30.7 Å². The van der Waals surface area contributed by atoms with Gasteiger partial charge in [0, 0.05) is 0 Å². The van der Waals surface area contributed by atoms with Crippen molar-refractivity contribution in [2.24, 2.45) is 0 Å². The Kier molecular flexibility index (Phi) is 2.71. The lowest BCUT2D eigenvalue weighted by molar-refractivity contribution is -0.170. The number of halogens is 7. The zero-order valence-electron chi connectivity index (χ0n) is 5.22. The third-order valence-electron chi connectivity index (χ3n) is 0.846. The molecule has 0 spiro atoms. The van der Waals surface area contributed by atoms with Crippen LogP contribution in [0.3, 0.4) is 0 Å². The third kappa shape index (κ3) is 2.67. The van der Waals surface area contributed by atoms with E-state index < -0.39 is 24.2 Å². The lowest BCUT2D eigenvalue weighted by Crippen LogP contribution is -2.40. The van der Waals surface area contributed by atoms with E-state index in [0.717, 1.165) is 0 Å². The molecule has 0 aliphatic rings. The molecular formula is C4H2F7N. The molecule has 12 heavy (non-hydrogen) atoms. The molecule has 0 bridgehead atoms. The molecule has 1 N–H and O–H groups in total. The van der Waals surface area contributed by atoms with Crippen molar-refractivity contribution in [3.8, 4) is 0 Å². The van der Waals surface area contributed by atoms with Crippen molar-refractivity contribution in [1.82, 2.24) is 0 Å². The fourth-order valence-corrected chi connectivity index (χ4v) is 0.307. The van der Waals surface area contributed by atoms with Crippen molar-refractivity contribution in [2.75, 3.05) is 0 Å². The molecular weight excluding hydrogens is 195 g/mol. The van der Waals surface area contributed by atoms with Crippen LogP contribution in [0.2, 0.25) is 0 Å². The van der Waals surface area contributed by atoms with Gasteiger partial charge in [0.05, 0.1) is 0 Å². The molecule has 0 rings (SSSR count). The molecule has 0 aliphatic carbocycles. The Bertz CT molecular complexity index is 177. The van der Waals surface area contributed by atoms with Crippen molar-refractivity contribution in [1.29, 1.82) is 5.41 Å². The first kappa shape index (κ1) is 11.2. The van der Waals surface area contributed by atoms with Gasteiger partial charge in [-0.05, 0) is 0 Å². The van der Waals surface area contributed by atoms with Crippen LogP contribution in [0, 0.1) is 5.41 Å². The van der Waals surface area contributed by atoms with E-state index in [0.29, 0.717) is 0 Å². The van der Waals surface area contributed by atoms with Crippen LogP contribution in [0.15, 0.2) is 0 Å². The van der Waals surface area contributed by atoms with E-state index in [2.05, 4.69) is 0 Å². The minimum atomic E-state index is -5.67. The van der Waals surface area contributed by atoms with E-state index in [9.17, 15) is 30.7 Å². The van der Waals surface area contributed by atoms with Crippen molar-refractivity contribution in [3.63, 3.8) is 0 Å². The first-order valence-corrected chi connectivity index (χ1v) is 2.43. The molecule has 0 saturated heterocycles. The molecule has 1 unspecified atom stereocenters. The Morgan fingerprint density at radius 2 is 1.33 bits per heavy atom. The minimum Gasteiger partial charge on any atom is -0.298 e. The standard InChI is InChI=1S/C4H2F7N/c5-1(3(6,7)8)2(12)4(9,10)11/h1,12H. The highest BCUT2D eigenvalue weighted by Crippen LogP contribution is 2.29. The summed E-state index contributed by atoms with van der Waals surface area (Å²) in [5, 5.41) is 5.78. The summed E-state index contributed by atoms with van der Waals surface area (Å²) in [5.74, 6) is 0. The summed E-state index contributed by atoms with van der Waals surface area (Å²) < 4.78 is 79.2. The van der Waals surface area contributed by atoms with Crippen molar-refractivity contribution in [2.45, 2.75) is 18.5 Å². The first-order valence-electron chi connectivity index (χ1n) is 2.43. The second kappa shape index (κ2) is 2.91. The predicted octanol–water partition coefficient (Wildman–Crippen LogP) is 2.47. The second-order valence-electron chi connectivity index (χ2n) is 1.82. The largest absolute Gasteiger partial charge is 0.432 e. The molecule has 0 saturated carbocycles. The van der Waals surface area contributed by atoms with Crippen LogP contribution < -0.4 is 0 Å². The van der Waals surface area contributed by atoms with Gasteiger partial charge in [0.1, 0.15) is 0 Å². The van der Waals surface area contributed by atoms with Crippen LogP contribution in [-0.2, 0) is 0 Å². The zero-order chi connectivity index (χ0) is 10.2. The van der Waals surface area contributed by atoms with Crippen LogP contribution in [0.25, 0.3) is 0 Å². The van der Waals surface area contributed by atoms with Crippen LogP contribution in [0.1, 0.15) is 0 Å². The quantitative estimate of drug-likeness (QED) is 0.493. The van der Waals surface area contributed by atoms with Crippen LogP contribution in [-0.4, -0.2) is 24.2 Å². The summed E-state index contributed by atoms with van der Waals surface area (Å²) in [5.41, 5.74) is -2.94. The summed E-state index contributed by atoms with van der Waals surface area (Å²) in [6.45, 7) is 0. The fourth-order valence-electron chi connectivity index (χ4n) is 0.307. The van der Waals surface area contributed by atoms with E-state index in [1.807, 2.05) is 0 Å². The third-order valence-corrected chi connectivity index (χ3v) is 0.846. The molecule has 1 nitrogen and oxygen atoms in total. The van der Waals surface area contributed by atoms with Gasteiger partial charge in [-0.15, -0.1) is 0 Å². The molecule has 1 atom stereocenters. The van der Waals surface area contributed by atoms with Crippen molar-refractivity contribution in [3.05, 3.63) is 0 Å². The van der Waals surface area contributed by atoms with Crippen LogP contribution >= 0.6 is 0 Å². The molecule has 0 aromatic rings. The summed E-state index contributed by atoms with van der Waals surface area (Å²) in [7, 11) is 0. The van der Waals surface area contributed by atoms with Gasteiger partial charge in [-0.25, -0.2) is 4.39 Å². The maximum absolute atomic E-state index is 11.7. The normalized spacial score (nSPS) is 15.9. The highest BCUT2D eigenvalue weighted by molar-refractivity contribution is 5.91. The number of alkyl halides is 7. The van der Waals surface area contributed by atoms with Gasteiger partial charge in [-0.3, -0.25) is 5.41 Å². The molecule has 0 aromatic heterocycles. The molecule has 0 aliphatic heterocycles. The Hall–Kier alpha value is -0.820. The molecule has 0 aromatic carbocycles. The average molecular weight is 197 g/mol. The van der Waals surface area contributed by atoms with E-state index >= 15 is 0 Å². The van der Waals surface area contributed by atoms with Gasteiger partial charge in [0.15, 0.2) is 5.71 Å². The van der Waals surface area contributed by atoms with Gasteiger partial charge in [0.25, 0.3) is 0 Å². The van der Waals surface area contributed by atoms with Crippen molar-refractivity contribution >= 4 is 5.71 Å². The predicted molar refractivity (Wildman–Crippen MR) is 24.7 cm³/mol. The zero-order valence-corrected chi connectivity index (χ0v) is 5.22. The van der Waals surface area contributed by atoms with Gasteiger partial charge >= 0.3 is 12.4 Å². The molecule has 0 radical (unpaired) electrons. The van der Waals surface area contributed by atoms with E-state index in [4.69, 9.17) is 5.41 Å². The SMILES string of the molecule is N=C(C(F)C(F)(F)F)C(F)(F)F. The maximum Gasteiger partial charge on any atom is 0.432 e. The number of hydrogen-bond donors (Lipinski definition) is 1. The highest BCUT2D eigenvalue weighted by Gasteiger charge is 2.52. The molecule has 0 fully saturated rings. The Labute approximate surface area is 61.7 Å². The summed E-state index contributed by atoms with van der Waals surface area (Å²) in [6.07, 6.45) is -15.5. The fraction of sp³-hybridized carbons (Fsp3) is 0.750. The lowest BCUT2D eigenvalue weighted by Gasteiger charge is -2.14. The Balaban J connectivity index is 4.53. The summed E-state index contributed by atoms with van der Waals surface area (Å²) in [6, 6.07) is 0. The maximum atomic E-state index is 11.7. The molecule has 8 heteroatoms. The van der Waals surface area contributed by atoms with E-state index in [-0.39, 0.29) is 0 Å². The Morgan fingerprint density at radius 1 is 1.00 bits per heavy atom. The Morgan fingerprint density at radius 3 is 1.42 bits per heavy atom. The van der Waals surface area contributed by atoms with E-state index in [1.165, 1.54) is 0 Å². The van der Waals surface area contributed by atoms with E-state index in [1.54, 1.807) is 0 Å². The van der Waals surface area contributed by atoms with Crippen molar-refractivity contribution < 1.29 is 30.7 Å². The summed E-state index contributed by atoms with van der Waals surface area (Å²) in [4.78, 5) is 0. The first-order chi connectivity index (χ1) is 5.07. The van der Waals surface area contributed by atoms with Crippen LogP contribution in [0.5, 0.6) is 0 Å². The van der Waals surface area contributed by atoms with Gasteiger partial charge in [-0.2, -0.15) is 26.3 Å². The number of hydrogen-bond acceptors (Lipinski definition) is 1. The highest BCUT2D eigenvalue weighted by atomic mass is 19.4. The molecule has 0 heterocycles. The second-order valence-corrected chi connectivity index (χ2v) is 1.82. The molecule has 72 valence electrons.